The monoisotopic (exact) mass is 394 g/mol. The second-order valence-corrected chi connectivity index (χ2v) is 7.67. The second kappa shape index (κ2) is 7.93. The van der Waals surface area contributed by atoms with Gasteiger partial charge in [0, 0.05) is 18.3 Å². The van der Waals surface area contributed by atoms with Crippen LogP contribution < -0.4 is 14.8 Å². The number of ether oxygens (including phenoxy) is 2. The number of benzene rings is 2. The van der Waals surface area contributed by atoms with Crippen LogP contribution in [-0.4, -0.2) is 44.9 Å². The molecule has 0 aromatic heterocycles. The van der Waals surface area contributed by atoms with Crippen LogP contribution in [0.3, 0.4) is 0 Å². The van der Waals surface area contributed by atoms with Crippen molar-refractivity contribution in [3.8, 4) is 11.5 Å². The molecule has 0 atom stereocenters. The first-order valence-electron chi connectivity index (χ1n) is 8.36. The first kappa shape index (κ1) is 19.1. The summed E-state index contributed by atoms with van der Waals surface area (Å²) >= 11 is 0. The molecule has 0 unspecified atom stereocenters. The Hall–Kier alpha value is -2.65. The maximum Gasteiger partial charge on any atom is 0.246 e. The molecule has 0 radical (unpaired) electrons. The maximum atomic E-state index is 13.9. The number of nitrogens with one attached hydrogen (secondary N) is 1. The van der Waals surface area contributed by atoms with Gasteiger partial charge in [-0.2, -0.15) is 4.31 Å². The SMILES string of the molecule is CCN(CC(=O)Nc1ccc2c(c1)OCCO2)S(=O)(=O)c1ccccc1F. The Morgan fingerprint density at radius 2 is 1.85 bits per heavy atom. The lowest BCUT2D eigenvalue weighted by molar-refractivity contribution is -0.116. The Morgan fingerprint density at radius 1 is 1.15 bits per heavy atom. The molecule has 9 heteroatoms. The summed E-state index contributed by atoms with van der Waals surface area (Å²) in [5, 5.41) is 2.62. The molecule has 1 heterocycles. The van der Waals surface area contributed by atoms with E-state index in [1.807, 2.05) is 0 Å². The van der Waals surface area contributed by atoms with Crippen LogP contribution in [0.1, 0.15) is 6.92 Å². The second-order valence-electron chi connectivity index (χ2n) is 5.77. The largest absolute Gasteiger partial charge is 0.486 e. The molecule has 7 nitrogen and oxygen atoms in total. The fourth-order valence-electron chi connectivity index (χ4n) is 2.64. The van der Waals surface area contributed by atoms with Gasteiger partial charge < -0.3 is 14.8 Å². The third kappa shape index (κ3) is 4.20. The molecule has 27 heavy (non-hydrogen) atoms. The zero-order valence-corrected chi connectivity index (χ0v) is 15.5. The summed E-state index contributed by atoms with van der Waals surface area (Å²) < 4.78 is 50.9. The summed E-state index contributed by atoms with van der Waals surface area (Å²) in [7, 11) is -4.13. The molecule has 1 aliphatic rings. The standard InChI is InChI=1S/C18H19FN2O5S/c1-2-21(27(23,24)17-6-4-3-5-14(17)19)12-18(22)20-13-7-8-15-16(11-13)26-10-9-25-15/h3-8,11H,2,9-10,12H2,1H3,(H,20,22). The van der Waals surface area contributed by atoms with Crippen molar-refractivity contribution in [2.75, 3.05) is 31.6 Å². The van der Waals surface area contributed by atoms with Gasteiger partial charge in [0.1, 0.15) is 23.9 Å². The van der Waals surface area contributed by atoms with Gasteiger partial charge in [0.25, 0.3) is 0 Å². The number of fused-ring (bicyclic) bond motifs is 1. The number of anilines is 1. The van der Waals surface area contributed by atoms with Crippen LogP contribution >= 0.6 is 0 Å². The molecule has 0 bridgehead atoms. The van der Waals surface area contributed by atoms with Gasteiger partial charge >= 0.3 is 0 Å². The highest BCUT2D eigenvalue weighted by Gasteiger charge is 2.28. The van der Waals surface area contributed by atoms with Crippen LogP contribution in [0.25, 0.3) is 0 Å². The predicted molar refractivity (Wildman–Crippen MR) is 96.9 cm³/mol. The van der Waals surface area contributed by atoms with Crippen LogP contribution in [0, 0.1) is 5.82 Å². The van der Waals surface area contributed by atoms with E-state index in [9.17, 15) is 17.6 Å². The van der Waals surface area contributed by atoms with Crippen LogP contribution in [0.2, 0.25) is 0 Å². The normalized spacial score (nSPS) is 13.4. The summed E-state index contributed by atoms with van der Waals surface area (Å²) in [4.78, 5) is 11.9. The van der Waals surface area contributed by atoms with Gasteiger partial charge in [0.15, 0.2) is 11.5 Å². The molecule has 2 aromatic rings. The third-order valence-corrected chi connectivity index (χ3v) is 5.91. The number of likely N-dealkylation sites (N-methyl/N-ethyl adjacent to an activating group) is 1. The van der Waals surface area contributed by atoms with E-state index in [1.165, 1.54) is 18.2 Å². The number of carbonyl (C=O) groups excluding carboxylic acids is 1. The van der Waals surface area contributed by atoms with Crippen molar-refractivity contribution in [2.24, 2.45) is 0 Å². The molecular formula is C18H19FN2O5S. The van der Waals surface area contributed by atoms with Gasteiger partial charge in [-0.05, 0) is 24.3 Å². The van der Waals surface area contributed by atoms with Crippen molar-refractivity contribution < 1.29 is 27.1 Å². The number of sulfonamides is 1. The molecule has 0 spiro atoms. The Balaban J connectivity index is 1.73. The van der Waals surface area contributed by atoms with Crippen LogP contribution in [-0.2, 0) is 14.8 Å². The van der Waals surface area contributed by atoms with Crippen molar-refractivity contribution in [3.05, 3.63) is 48.3 Å². The van der Waals surface area contributed by atoms with E-state index in [4.69, 9.17) is 9.47 Å². The summed E-state index contributed by atoms with van der Waals surface area (Å²) in [6, 6.07) is 9.97. The van der Waals surface area contributed by atoms with Gasteiger partial charge in [-0.1, -0.05) is 19.1 Å². The van der Waals surface area contributed by atoms with E-state index in [1.54, 1.807) is 25.1 Å². The first-order chi connectivity index (χ1) is 12.9. The van der Waals surface area contributed by atoms with Crippen molar-refractivity contribution in [2.45, 2.75) is 11.8 Å². The Labute approximate surface area is 156 Å². The van der Waals surface area contributed by atoms with Crippen molar-refractivity contribution >= 4 is 21.6 Å². The molecule has 144 valence electrons. The van der Waals surface area contributed by atoms with Crippen LogP contribution in [0.15, 0.2) is 47.4 Å². The molecule has 0 fully saturated rings. The number of halogens is 1. The van der Waals surface area contributed by atoms with Crippen LogP contribution in [0.4, 0.5) is 10.1 Å². The first-order valence-corrected chi connectivity index (χ1v) is 9.80. The fourth-order valence-corrected chi connectivity index (χ4v) is 4.11. The fraction of sp³-hybridized carbons (Fsp3) is 0.278. The molecule has 1 amide bonds. The van der Waals surface area contributed by atoms with Gasteiger partial charge in [-0.15, -0.1) is 0 Å². The molecule has 3 rings (SSSR count). The molecular weight excluding hydrogens is 375 g/mol. The molecule has 2 aromatic carbocycles. The highest BCUT2D eigenvalue weighted by atomic mass is 32.2. The highest BCUT2D eigenvalue weighted by molar-refractivity contribution is 7.89. The zero-order chi connectivity index (χ0) is 19.4. The van der Waals surface area contributed by atoms with Gasteiger partial charge in [0.2, 0.25) is 15.9 Å². The number of hydrogen-bond acceptors (Lipinski definition) is 5. The Kier molecular flexibility index (Phi) is 5.62. The summed E-state index contributed by atoms with van der Waals surface area (Å²) in [5.74, 6) is -0.321. The Bertz CT molecular complexity index is 949. The smallest absolute Gasteiger partial charge is 0.246 e. The van der Waals surface area contributed by atoms with E-state index < -0.39 is 33.2 Å². The van der Waals surface area contributed by atoms with Gasteiger partial charge in [-0.25, -0.2) is 12.8 Å². The number of carbonyl (C=O) groups is 1. The highest BCUT2D eigenvalue weighted by Crippen LogP contribution is 2.32. The molecule has 0 saturated carbocycles. The summed E-state index contributed by atoms with van der Waals surface area (Å²) in [5.41, 5.74) is 0.448. The third-order valence-electron chi connectivity index (χ3n) is 3.95. The topological polar surface area (TPSA) is 84.9 Å². The average molecular weight is 394 g/mol. The summed E-state index contributed by atoms with van der Waals surface area (Å²) in [6.07, 6.45) is 0. The minimum absolute atomic E-state index is 0.0191. The number of rotatable bonds is 6. The average Bonchev–Trinajstić information content (AvgIpc) is 2.66. The van der Waals surface area contributed by atoms with Crippen molar-refractivity contribution in [3.63, 3.8) is 0 Å². The maximum absolute atomic E-state index is 13.9. The number of amides is 1. The van der Waals surface area contributed by atoms with Gasteiger partial charge in [0.05, 0.1) is 6.54 Å². The van der Waals surface area contributed by atoms with E-state index in [-0.39, 0.29) is 6.54 Å². The minimum atomic E-state index is -4.13. The van der Waals surface area contributed by atoms with E-state index in [2.05, 4.69) is 5.32 Å². The van der Waals surface area contributed by atoms with Gasteiger partial charge in [-0.3, -0.25) is 4.79 Å². The zero-order valence-electron chi connectivity index (χ0n) is 14.6. The lowest BCUT2D eigenvalue weighted by Crippen LogP contribution is -2.38. The lowest BCUT2D eigenvalue weighted by atomic mass is 10.2. The molecule has 1 N–H and O–H groups in total. The molecule has 0 aliphatic carbocycles. The minimum Gasteiger partial charge on any atom is -0.486 e. The predicted octanol–water partition coefficient (Wildman–Crippen LogP) is 2.25. The quantitative estimate of drug-likeness (QED) is 0.812. The van der Waals surface area contributed by atoms with Crippen LogP contribution in [0.5, 0.6) is 11.5 Å². The lowest BCUT2D eigenvalue weighted by Gasteiger charge is -2.21. The van der Waals surface area contributed by atoms with Crippen molar-refractivity contribution in [1.82, 2.24) is 4.31 Å². The molecule has 1 aliphatic heterocycles. The molecule has 0 saturated heterocycles. The Morgan fingerprint density at radius 3 is 2.56 bits per heavy atom. The van der Waals surface area contributed by atoms with E-state index in [0.717, 1.165) is 10.4 Å². The summed E-state index contributed by atoms with van der Waals surface area (Å²) in [6.45, 7) is 2.02. The van der Waals surface area contributed by atoms with Crippen molar-refractivity contribution in [1.29, 1.82) is 0 Å². The van der Waals surface area contributed by atoms with E-state index in [0.29, 0.717) is 30.4 Å². The number of nitrogens with zero attached hydrogens (tertiary/aromatic N) is 1. The number of hydrogen-bond donors (Lipinski definition) is 1. The van der Waals surface area contributed by atoms with E-state index >= 15 is 0 Å².